The Bertz CT molecular complexity index is 494. The standard InChI is InChI=1S/C7H2FN3O4/c8-6-5(10(12)13)2-1-4(3-9)7(6)11(14)15/h1-2H. The lowest BCUT2D eigenvalue weighted by Crippen LogP contribution is -2.00. The molecule has 0 spiro atoms. The smallest absolute Gasteiger partial charge is 0.258 e. The van der Waals surface area contributed by atoms with Crippen molar-refractivity contribution in [3.8, 4) is 6.07 Å². The van der Waals surface area contributed by atoms with E-state index in [0.717, 1.165) is 6.07 Å². The van der Waals surface area contributed by atoms with Crippen LogP contribution < -0.4 is 0 Å². The minimum Gasteiger partial charge on any atom is -0.258 e. The maximum absolute atomic E-state index is 13.2. The van der Waals surface area contributed by atoms with Gasteiger partial charge in [-0.1, -0.05) is 0 Å². The molecule has 0 saturated carbocycles. The summed E-state index contributed by atoms with van der Waals surface area (Å²) in [5, 5.41) is 29.1. The summed E-state index contributed by atoms with van der Waals surface area (Å²) in [5.74, 6) is -1.61. The van der Waals surface area contributed by atoms with Crippen LogP contribution in [-0.4, -0.2) is 9.85 Å². The van der Waals surface area contributed by atoms with E-state index in [0.29, 0.717) is 6.07 Å². The van der Waals surface area contributed by atoms with E-state index in [9.17, 15) is 24.6 Å². The monoisotopic (exact) mass is 211 g/mol. The summed E-state index contributed by atoms with van der Waals surface area (Å²) in [4.78, 5) is 18.4. The van der Waals surface area contributed by atoms with E-state index in [4.69, 9.17) is 5.26 Å². The van der Waals surface area contributed by atoms with Gasteiger partial charge in [-0.15, -0.1) is 0 Å². The first-order valence-electron chi connectivity index (χ1n) is 3.50. The van der Waals surface area contributed by atoms with E-state index < -0.39 is 32.6 Å². The van der Waals surface area contributed by atoms with Crippen molar-refractivity contribution in [3.05, 3.63) is 43.7 Å². The summed E-state index contributed by atoms with van der Waals surface area (Å²) in [6.07, 6.45) is 0. The Labute approximate surface area is 81.7 Å². The van der Waals surface area contributed by atoms with Crippen LogP contribution in [0.2, 0.25) is 0 Å². The molecule has 76 valence electrons. The van der Waals surface area contributed by atoms with Gasteiger partial charge in [-0.3, -0.25) is 20.2 Å². The fourth-order valence-electron chi connectivity index (χ4n) is 0.964. The second-order valence-electron chi connectivity index (χ2n) is 2.42. The van der Waals surface area contributed by atoms with Gasteiger partial charge in [-0.2, -0.15) is 9.65 Å². The molecule has 0 N–H and O–H groups in total. The molecular formula is C7H2FN3O4. The highest BCUT2D eigenvalue weighted by Gasteiger charge is 2.29. The third kappa shape index (κ3) is 1.71. The Morgan fingerprint density at radius 2 is 1.87 bits per heavy atom. The molecule has 0 saturated heterocycles. The van der Waals surface area contributed by atoms with Crippen molar-refractivity contribution >= 4 is 11.4 Å². The van der Waals surface area contributed by atoms with Crippen molar-refractivity contribution in [2.45, 2.75) is 0 Å². The average molecular weight is 211 g/mol. The number of nitro benzene ring substituents is 2. The summed E-state index contributed by atoms with van der Waals surface area (Å²) in [7, 11) is 0. The predicted octanol–water partition coefficient (Wildman–Crippen LogP) is 1.51. The normalized spacial score (nSPS) is 9.33. The van der Waals surface area contributed by atoms with Crippen molar-refractivity contribution in [1.29, 1.82) is 5.26 Å². The molecule has 0 heterocycles. The summed E-state index contributed by atoms with van der Waals surface area (Å²) in [6.45, 7) is 0. The van der Waals surface area contributed by atoms with Crippen LogP contribution in [-0.2, 0) is 0 Å². The molecule has 0 aromatic heterocycles. The zero-order chi connectivity index (χ0) is 11.6. The average Bonchev–Trinajstić information content (AvgIpc) is 2.15. The van der Waals surface area contributed by atoms with Crippen LogP contribution >= 0.6 is 0 Å². The Balaban J connectivity index is 3.58. The third-order valence-electron chi connectivity index (χ3n) is 1.60. The molecule has 0 aliphatic rings. The molecule has 15 heavy (non-hydrogen) atoms. The minimum atomic E-state index is -1.61. The Kier molecular flexibility index (Phi) is 2.57. The Hall–Kier alpha value is -2.56. The van der Waals surface area contributed by atoms with Gasteiger partial charge in [-0.05, 0) is 6.07 Å². The molecule has 0 radical (unpaired) electrons. The topological polar surface area (TPSA) is 110 Å². The van der Waals surface area contributed by atoms with Gasteiger partial charge in [0.05, 0.1) is 9.85 Å². The first-order chi connectivity index (χ1) is 6.99. The van der Waals surface area contributed by atoms with Gasteiger partial charge in [-0.25, -0.2) is 0 Å². The fourth-order valence-corrected chi connectivity index (χ4v) is 0.964. The predicted molar refractivity (Wildman–Crippen MR) is 44.4 cm³/mol. The number of hydrogen-bond donors (Lipinski definition) is 0. The van der Waals surface area contributed by atoms with Crippen LogP contribution in [0.1, 0.15) is 5.56 Å². The van der Waals surface area contributed by atoms with Crippen LogP contribution in [0, 0.1) is 37.4 Å². The Morgan fingerprint density at radius 1 is 1.27 bits per heavy atom. The first kappa shape index (κ1) is 10.5. The van der Waals surface area contributed by atoms with Crippen molar-refractivity contribution in [3.63, 3.8) is 0 Å². The summed E-state index contributed by atoms with van der Waals surface area (Å²) < 4.78 is 13.2. The van der Waals surface area contributed by atoms with E-state index >= 15 is 0 Å². The first-order valence-corrected chi connectivity index (χ1v) is 3.50. The molecule has 1 rings (SSSR count). The largest absolute Gasteiger partial charge is 0.329 e. The molecule has 0 bridgehead atoms. The van der Waals surface area contributed by atoms with Crippen molar-refractivity contribution in [1.82, 2.24) is 0 Å². The summed E-state index contributed by atoms with van der Waals surface area (Å²) in [5.41, 5.74) is -2.75. The van der Waals surface area contributed by atoms with Crippen LogP contribution in [0.25, 0.3) is 0 Å². The van der Waals surface area contributed by atoms with Crippen molar-refractivity contribution < 1.29 is 14.2 Å². The number of nitrogens with zero attached hydrogens (tertiary/aromatic N) is 3. The van der Waals surface area contributed by atoms with Gasteiger partial charge in [0.2, 0.25) is 0 Å². The fraction of sp³-hybridized carbons (Fsp3) is 0. The maximum Gasteiger partial charge on any atom is 0.329 e. The van der Waals surface area contributed by atoms with E-state index in [1.807, 2.05) is 0 Å². The van der Waals surface area contributed by atoms with Crippen LogP contribution in [0.4, 0.5) is 15.8 Å². The van der Waals surface area contributed by atoms with Gasteiger partial charge in [0.15, 0.2) is 0 Å². The highest BCUT2D eigenvalue weighted by atomic mass is 19.1. The molecule has 0 aliphatic carbocycles. The second kappa shape index (κ2) is 3.67. The van der Waals surface area contributed by atoms with Gasteiger partial charge in [0, 0.05) is 6.07 Å². The number of rotatable bonds is 2. The molecule has 0 amide bonds. The molecule has 0 aliphatic heterocycles. The molecule has 8 heteroatoms. The maximum atomic E-state index is 13.2. The highest BCUT2D eigenvalue weighted by molar-refractivity contribution is 5.56. The molecule has 0 atom stereocenters. The number of nitriles is 1. The number of halogens is 1. The van der Waals surface area contributed by atoms with E-state index in [1.165, 1.54) is 6.07 Å². The number of hydrogen-bond acceptors (Lipinski definition) is 5. The van der Waals surface area contributed by atoms with Gasteiger partial charge >= 0.3 is 11.4 Å². The summed E-state index contributed by atoms with van der Waals surface area (Å²) >= 11 is 0. The lowest BCUT2D eigenvalue weighted by Gasteiger charge is -1.97. The molecule has 1 aromatic carbocycles. The minimum absolute atomic E-state index is 0.553. The van der Waals surface area contributed by atoms with Gasteiger partial charge < -0.3 is 0 Å². The summed E-state index contributed by atoms with van der Waals surface area (Å²) in [6, 6.07) is 2.92. The van der Waals surface area contributed by atoms with Crippen LogP contribution in [0.15, 0.2) is 12.1 Å². The number of nitro groups is 2. The lowest BCUT2D eigenvalue weighted by atomic mass is 10.1. The Morgan fingerprint density at radius 3 is 2.27 bits per heavy atom. The van der Waals surface area contributed by atoms with E-state index in [1.54, 1.807) is 0 Å². The highest BCUT2D eigenvalue weighted by Crippen LogP contribution is 2.29. The van der Waals surface area contributed by atoms with E-state index in [2.05, 4.69) is 0 Å². The number of benzene rings is 1. The van der Waals surface area contributed by atoms with Crippen LogP contribution in [0.3, 0.4) is 0 Å². The second-order valence-corrected chi connectivity index (χ2v) is 2.42. The zero-order valence-electron chi connectivity index (χ0n) is 7.01. The lowest BCUT2D eigenvalue weighted by molar-refractivity contribution is -0.399. The zero-order valence-corrected chi connectivity index (χ0v) is 7.01. The van der Waals surface area contributed by atoms with Gasteiger partial charge in [0.25, 0.3) is 5.82 Å². The quantitative estimate of drug-likeness (QED) is 0.543. The van der Waals surface area contributed by atoms with Crippen LogP contribution in [0.5, 0.6) is 0 Å². The molecule has 0 fully saturated rings. The molecule has 1 aromatic rings. The third-order valence-corrected chi connectivity index (χ3v) is 1.60. The van der Waals surface area contributed by atoms with Gasteiger partial charge in [0.1, 0.15) is 11.6 Å². The van der Waals surface area contributed by atoms with E-state index in [-0.39, 0.29) is 0 Å². The van der Waals surface area contributed by atoms with Crippen molar-refractivity contribution in [2.24, 2.45) is 0 Å². The molecule has 0 unspecified atom stereocenters. The van der Waals surface area contributed by atoms with Crippen molar-refractivity contribution in [2.75, 3.05) is 0 Å². The molecule has 7 nitrogen and oxygen atoms in total. The SMILES string of the molecule is N#Cc1ccc([N+](=O)[O-])c(F)c1[N+](=O)[O-]. The molecular weight excluding hydrogens is 209 g/mol.